The van der Waals surface area contributed by atoms with Crippen molar-refractivity contribution in [2.24, 2.45) is 5.41 Å². The highest BCUT2D eigenvalue weighted by molar-refractivity contribution is 7.86. The van der Waals surface area contributed by atoms with Gasteiger partial charge in [-0.1, -0.05) is 50.6 Å². The van der Waals surface area contributed by atoms with Gasteiger partial charge in [-0.2, -0.15) is 8.42 Å². The van der Waals surface area contributed by atoms with Crippen LogP contribution in [0.4, 0.5) is 0 Å². The molecule has 0 saturated carbocycles. The Labute approximate surface area is 123 Å². The number of halogens is 1. The number of nitrogens with zero attached hydrogens (tertiary/aromatic N) is 1. The monoisotopic (exact) mass is 313 g/mol. The maximum absolute atomic E-state index is 12.2. The second-order valence-corrected chi connectivity index (χ2v) is 7.69. The third-order valence-electron chi connectivity index (χ3n) is 2.56. The van der Waals surface area contributed by atoms with Crippen molar-refractivity contribution >= 4 is 32.6 Å². The van der Waals surface area contributed by atoms with E-state index in [1.165, 1.54) is 6.07 Å². The van der Waals surface area contributed by atoms with Crippen LogP contribution in [0.25, 0.3) is 10.9 Å². The van der Waals surface area contributed by atoms with Crippen LogP contribution in [0.15, 0.2) is 35.2 Å². The summed E-state index contributed by atoms with van der Waals surface area (Å²) in [4.78, 5) is 4.00. The van der Waals surface area contributed by atoms with Crippen LogP contribution >= 0.6 is 11.6 Å². The summed E-state index contributed by atoms with van der Waals surface area (Å²) in [7, 11) is -3.91. The topological polar surface area (TPSA) is 56.3 Å². The lowest BCUT2D eigenvalue weighted by Gasteiger charge is -2.18. The van der Waals surface area contributed by atoms with Crippen molar-refractivity contribution in [3.05, 3.63) is 35.5 Å². The van der Waals surface area contributed by atoms with Crippen molar-refractivity contribution in [2.45, 2.75) is 25.7 Å². The quantitative estimate of drug-likeness (QED) is 0.641. The summed E-state index contributed by atoms with van der Waals surface area (Å²) in [6, 6.07) is 8.66. The summed E-state index contributed by atoms with van der Waals surface area (Å²) in [5, 5.41) is 0.632. The van der Waals surface area contributed by atoms with Crippen LogP contribution in [0.5, 0.6) is 0 Å². The molecular formula is C14H16ClNO3S. The Morgan fingerprint density at radius 3 is 2.55 bits per heavy atom. The molecule has 0 radical (unpaired) electrons. The second-order valence-electron chi connectivity index (χ2n) is 5.75. The van der Waals surface area contributed by atoms with Crippen molar-refractivity contribution in [1.82, 2.24) is 4.98 Å². The van der Waals surface area contributed by atoms with Crippen molar-refractivity contribution in [3.8, 4) is 0 Å². The van der Waals surface area contributed by atoms with Gasteiger partial charge in [0.15, 0.2) is 5.15 Å². The first-order valence-corrected chi connectivity index (χ1v) is 7.92. The first-order valence-electron chi connectivity index (χ1n) is 6.14. The molecular weight excluding hydrogens is 298 g/mol. The predicted octanol–water partition coefficient (Wildman–Crippen LogP) is 3.64. The van der Waals surface area contributed by atoms with Crippen molar-refractivity contribution in [2.75, 3.05) is 6.61 Å². The van der Waals surface area contributed by atoms with Gasteiger partial charge in [-0.15, -0.1) is 0 Å². The number of aromatic nitrogens is 1. The first kappa shape index (κ1) is 15.2. The van der Waals surface area contributed by atoms with E-state index < -0.39 is 10.1 Å². The maximum Gasteiger partial charge on any atom is 0.300 e. The average molecular weight is 314 g/mol. The number of pyridine rings is 1. The molecule has 0 saturated heterocycles. The fraction of sp³-hybridized carbons (Fsp3) is 0.357. The lowest BCUT2D eigenvalue weighted by atomic mass is 9.99. The molecule has 1 aromatic heterocycles. The molecule has 0 aliphatic rings. The summed E-state index contributed by atoms with van der Waals surface area (Å²) in [5.74, 6) is 0. The van der Waals surface area contributed by atoms with E-state index in [4.69, 9.17) is 15.8 Å². The smallest absolute Gasteiger partial charge is 0.266 e. The molecule has 1 heterocycles. The Kier molecular flexibility index (Phi) is 4.04. The van der Waals surface area contributed by atoms with E-state index in [2.05, 4.69) is 4.98 Å². The Morgan fingerprint density at radius 2 is 1.90 bits per heavy atom. The predicted molar refractivity (Wildman–Crippen MR) is 79.3 cm³/mol. The number of hydrogen-bond donors (Lipinski definition) is 0. The van der Waals surface area contributed by atoms with E-state index in [1.807, 2.05) is 32.9 Å². The van der Waals surface area contributed by atoms with Crippen molar-refractivity contribution in [3.63, 3.8) is 0 Å². The van der Waals surface area contributed by atoms with Gasteiger partial charge in [-0.05, 0) is 17.5 Å². The zero-order valence-electron chi connectivity index (χ0n) is 11.6. The highest BCUT2D eigenvalue weighted by Crippen LogP contribution is 2.27. The number of fused-ring (bicyclic) bond motifs is 1. The molecule has 0 amide bonds. The maximum atomic E-state index is 12.2. The van der Waals surface area contributed by atoms with Crippen LogP contribution in [0.1, 0.15) is 20.8 Å². The van der Waals surface area contributed by atoms with Gasteiger partial charge in [-0.25, -0.2) is 4.98 Å². The molecule has 6 heteroatoms. The lowest BCUT2D eigenvalue weighted by Crippen LogP contribution is -2.19. The summed E-state index contributed by atoms with van der Waals surface area (Å²) < 4.78 is 29.5. The molecule has 0 spiro atoms. The Balaban J connectivity index is 2.43. The van der Waals surface area contributed by atoms with Crippen LogP contribution < -0.4 is 0 Å². The fourth-order valence-corrected chi connectivity index (χ4v) is 3.15. The molecule has 0 aliphatic carbocycles. The zero-order valence-corrected chi connectivity index (χ0v) is 13.1. The van der Waals surface area contributed by atoms with Gasteiger partial charge in [0.1, 0.15) is 4.90 Å². The number of hydrogen-bond acceptors (Lipinski definition) is 4. The van der Waals surface area contributed by atoms with Gasteiger partial charge in [0.25, 0.3) is 10.1 Å². The largest absolute Gasteiger partial charge is 0.300 e. The average Bonchev–Trinajstić information content (AvgIpc) is 2.35. The second kappa shape index (κ2) is 5.31. The third-order valence-corrected chi connectivity index (χ3v) is 4.24. The minimum Gasteiger partial charge on any atom is -0.266 e. The molecule has 20 heavy (non-hydrogen) atoms. The third kappa shape index (κ3) is 3.48. The molecule has 108 valence electrons. The first-order chi connectivity index (χ1) is 9.19. The number of benzene rings is 1. The van der Waals surface area contributed by atoms with Crippen molar-refractivity contribution < 1.29 is 12.6 Å². The Hall–Kier alpha value is -1.17. The Bertz CT molecular complexity index is 736. The van der Waals surface area contributed by atoms with E-state index >= 15 is 0 Å². The minimum atomic E-state index is -3.91. The molecule has 0 fully saturated rings. The summed E-state index contributed by atoms with van der Waals surface area (Å²) in [5.41, 5.74) is 0.386. The highest BCUT2D eigenvalue weighted by atomic mass is 35.5. The van der Waals surface area contributed by atoms with Gasteiger partial charge in [0.2, 0.25) is 0 Å². The van der Waals surface area contributed by atoms with E-state index in [1.54, 1.807) is 12.1 Å². The highest BCUT2D eigenvalue weighted by Gasteiger charge is 2.23. The molecule has 0 N–H and O–H groups in total. The number of rotatable bonds is 3. The summed E-state index contributed by atoms with van der Waals surface area (Å²) in [6.07, 6.45) is 0. The molecule has 2 rings (SSSR count). The van der Waals surface area contributed by atoms with Gasteiger partial charge >= 0.3 is 0 Å². The van der Waals surface area contributed by atoms with Crippen LogP contribution in [0.2, 0.25) is 5.15 Å². The van der Waals surface area contributed by atoms with E-state index in [-0.39, 0.29) is 22.1 Å². The van der Waals surface area contributed by atoms with Crippen molar-refractivity contribution in [1.29, 1.82) is 0 Å². The molecule has 0 unspecified atom stereocenters. The van der Waals surface area contributed by atoms with Gasteiger partial charge in [0, 0.05) is 5.39 Å². The van der Waals surface area contributed by atoms with E-state index in [0.29, 0.717) is 10.9 Å². The van der Waals surface area contributed by atoms with E-state index in [9.17, 15) is 8.42 Å². The molecule has 2 aromatic rings. The minimum absolute atomic E-state index is 0.0717. The number of para-hydroxylation sites is 1. The molecule has 4 nitrogen and oxygen atoms in total. The Morgan fingerprint density at radius 1 is 1.25 bits per heavy atom. The van der Waals surface area contributed by atoms with Crippen LogP contribution in [-0.2, 0) is 14.3 Å². The SMILES string of the molecule is CC(C)(C)COS(=O)(=O)c1cc2ccccc2nc1Cl. The zero-order chi connectivity index (χ0) is 15.0. The molecule has 0 bridgehead atoms. The normalized spacial score (nSPS) is 12.8. The molecule has 0 atom stereocenters. The fourth-order valence-electron chi connectivity index (χ4n) is 1.57. The molecule has 1 aromatic carbocycles. The summed E-state index contributed by atoms with van der Waals surface area (Å²) >= 11 is 5.97. The lowest BCUT2D eigenvalue weighted by molar-refractivity contribution is 0.203. The van der Waals surface area contributed by atoms with Gasteiger partial charge in [-0.3, -0.25) is 4.18 Å². The van der Waals surface area contributed by atoms with Gasteiger partial charge in [0.05, 0.1) is 12.1 Å². The standard InChI is InChI=1S/C14H16ClNO3S/c1-14(2,3)9-19-20(17,18)12-8-10-6-4-5-7-11(10)16-13(12)15/h4-8H,9H2,1-3H3. The van der Waals surface area contributed by atoms with Crippen LogP contribution in [0, 0.1) is 5.41 Å². The van der Waals surface area contributed by atoms with Crippen LogP contribution in [-0.4, -0.2) is 20.0 Å². The van der Waals surface area contributed by atoms with Crippen LogP contribution in [0.3, 0.4) is 0 Å². The summed E-state index contributed by atoms with van der Waals surface area (Å²) in [6.45, 7) is 5.76. The van der Waals surface area contributed by atoms with E-state index in [0.717, 1.165) is 0 Å². The molecule has 0 aliphatic heterocycles. The van der Waals surface area contributed by atoms with Gasteiger partial charge < -0.3 is 0 Å².